The number of aromatic carboxylic acids is 1. The minimum atomic E-state index is -0.934. The number of anilines is 1. The van der Waals surface area contributed by atoms with E-state index in [9.17, 15) is 4.79 Å². The number of benzene rings is 1. The number of carboxylic acid groups (broad SMARTS) is 1. The van der Waals surface area contributed by atoms with E-state index in [2.05, 4.69) is 5.32 Å². The van der Waals surface area contributed by atoms with Crippen molar-refractivity contribution in [3.8, 4) is 0 Å². The zero-order chi connectivity index (χ0) is 12.4. The second-order valence-corrected chi connectivity index (χ2v) is 5.05. The van der Waals surface area contributed by atoms with E-state index in [1.807, 2.05) is 6.92 Å². The van der Waals surface area contributed by atoms with Gasteiger partial charge >= 0.3 is 5.97 Å². The van der Waals surface area contributed by atoms with Gasteiger partial charge < -0.3 is 10.4 Å². The van der Waals surface area contributed by atoms with Gasteiger partial charge in [-0.2, -0.15) is 0 Å². The summed E-state index contributed by atoms with van der Waals surface area (Å²) in [6, 6.07) is 3.29. The van der Waals surface area contributed by atoms with Crippen molar-refractivity contribution < 1.29 is 9.90 Å². The average Bonchev–Trinajstić information content (AvgIpc) is 2.19. The molecule has 4 heteroatoms. The van der Waals surface area contributed by atoms with Crippen LogP contribution in [0.4, 0.5) is 5.69 Å². The summed E-state index contributed by atoms with van der Waals surface area (Å²) in [4.78, 5) is 11.0. The van der Waals surface area contributed by atoms with Crippen LogP contribution in [0.3, 0.4) is 0 Å². The van der Waals surface area contributed by atoms with E-state index in [1.54, 1.807) is 6.07 Å². The van der Waals surface area contributed by atoms with Crippen molar-refractivity contribution >= 4 is 23.3 Å². The maximum absolute atomic E-state index is 11.0. The van der Waals surface area contributed by atoms with Gasteiger partial charge in [0.15, 0.2) is 0 Å². The van der Waals surface area contributed by atoms with Crippen LogP contribution >= 0.6 is 11.6 Å². The van der Waals surface area contributed by atoms with Gasteiger partial charge in [-0.15, -0.1) is 0 Å². The molecule has 2 rings (SSSR count). The number of halogens is 1. The van der Waals surface area contributed by atoms with Crippen LogP contribution in [-0.4, -0.2) is 17.6 Å². The zero-order valence-electron chi connectivity index (χ0n) is 9.79. The number of rotatable bonds is 4. The van der Waals surface area contributed by atoms with Crippen molar-refractivity contribution in [1.29, 1.82) is 0 Å². The Hall–Kier alpha value is -1.22. The third kappa shape index (κ3) is 2.72. The lowest BCUT2D eigenvalue weighted by molar-refractivity contribution is 0.0696. The number of nitrogens with one attached hydrogen (secondary N) is 1. The van der Waals surface area contributed by atoms with E-state index < -0.39 is 5.97 Å². The highest BCUT2D eigenvalue weighted by Gasteiger charge is 2.18. The van der Waals surface area contributed by atoms with Crippen LogP contribution < -0.4 is 5.32 Å². The molecule has 1 aliphatic rings. The molecule has 0 atom stereocenters. The summed E-state index contributed by atoms with van der Waals surface area (Å²) in [7, 11) is 0. The van der Waals surface area contributed by atoms with Crippen molar-refractivity contribution in [3.05, 3.63) is 28.3 Å². The predicted octanol–water partition coefficient (Wildman–Crippen LogP) is 3.56. The van der Waals surface area contributed by atoms with E-state index in [0.29, 0.717) is 5.02 Å². The highest BCUT2D eigenvalue weighted by Crippen LogP contribution is 2.29. The molecule has 17 heavy (non-hydrogen) atoms. The standard InChI is InChI=1S/C13H16ClNO2/c1-8-11(13(16)17)5-10(14)6-12(8)15-7-9-3-2-4-9/h5-6,9,15H,2-4,7H2,1H3,(H,16,17). The molecule has 0 spiro atoms. The minimum Gasteiger partial charge on any atom is -0.478 e. The van der Waals surface area contributed by atoms with Crippen LogP contribution in [0.2, 0.25) is 5.02 Å². The van der Waals surface area contributed by atoms with Gasteiger partial charge in [0, 0.05) is 17.3 Å². The Kier molecular flexibility index (Phi) is 3.57. The first-order valence-corrected chi connectivity index (χ1v) is 6.23. The Morgan fingerprint density at radius 1 is 1.53 bits per heavy atom. The molecule has 0 radical (unpaired) electrons. The van der Waals surface area contributed by atoms with Crippen LogP contribution in [0.15, 0.2) is 12.1 Å². The number of carboxylic acids is 1. The van der Waals surface area contributed by atoms with Gasteiger partial charge in [-0.1, -0.05) is 18.0 Å². The fourth-order valence-corrected chi connectivity index (χ4v) is 2.25. The van der Waals surface area contributed by atoms with E-state index in [1.165, 1.54) is 25.3 Å². The van der Waals surface area contributed by atoms with E-state index in [4.69, 9.17) is 16.7 Å². The molecular weight excluding hydrogens is 238 g/mol. The second kappa shape index (κ2) is 4.96. The quantitative estimate of drug-likeness (QED) is 0.863. The minimum absolute atomic E-state index is 0.272. The molecule has 0 aromatic heterocycles. The molecule has 1 fully saturated rings. The molecule has 1 aromatic carbocycles. The molecule has 2 N–H and O–H groups in total. The van der Waals surface area contributed by atoms with Crippen molar-refractivity contribution in [3.63, 3.8) is 0 Å². The summed E-state index contributed by atoms with van der Waals surface area (Å²) >= 11 is 5.93. The lowest BCUT2D eigenvalue weighted by Crippen LogP contribution is -2.21. The summed E-state index contributed by atoms with van der Waals surface area (Å²) in [5.41, 5.74) is 1.86. The average molecular weight is 254 g/mol. The van der Waals surface area contributed by atoms with Gasteiger partial charge in [0.25, 0.3) is 0 Å². The van der Waals surface area contributed by atoms with Crippen molar-refractivity contribution in [1.82, 2.24) is 0 Å². The normalized spacial score (nSPS) is 15.4. The van der Waals surface area contributed by atoms with Crippen molar-refractivity contribution in [2.24, 2.45) is 5.92 Å². The molecule has 3 nitrogen and oxygen atoms in total. The van der Waals surface area contributed by atoms with Crippen molar-refractivity contribution in [2.75, 3.05) is 11.9 Å². The Labute approximate surface area is 106 Å². The Bertz CT molecular complexity index is 441. The van der Waals surface area contributed by atoms with Gasteiger partial charge in [0.1, 0.15) is 0 Å². The summed E-state index contributed by atoms with van der Waals surface area (Å²) in [6.45, 7) is 2.71. The summed E-state index contributed by atoms with van der Waals surface area (Å²) in [6.07, 6.45) is 3.83. The maximum atomic E-state index is 11.0. The lowest BCUT2D eigenvalue weighted by atomic mass is 9.85. The van der Waals surface area contributed by atoms with E-state index >= 15 is 0 Å². The molecule has 0 aliphatic heterocycles. The van der Waals surface area contributed by atoms with Gasteiger partial charge in [-0.05, 0) is 43.4 Å². The molecule has 0 saturated heterocycles. The van der Waals surface area contributed by atoms with Crippen molar-refractivity contribution in [2.45, 2.75) is 26.2 Å². The van der Waals surface area contributed by atoms with Crippen LogP contribution in [0.25, 0.3) is 0 Å². The highest BCUT2D eigenvalue weighted by molar-refractivity contribution is 6.31. The number of hydrogen-bond donors (Lipinski definition) is 2. The first-order valence-electron chi connectivity index (χ1n) is 5.85. The summed E-state index contributed by atoms with van der Waals surface area (Å²) < 4.78 is 0. The van der Waals surface area contributed by atoms with Crippen LogP contribution in [0.5, 0.6) is 0 Å². The molecule has 92 valence electrons. The molecule has 0 bridgehead atoms. The Balaban J connectivity index is 2.16. The second-order valence-electron chi connectivity index (χ2n) is 4.61. The van der Waals surface area contributed by atoms with Gasteiger partial charge in [-0.25, -0.2) is 4.79 Å². The third-order valence-corrected chi connectivity index (χ3v) is 3.63. The molecule has 1 aliphatic carbocycles. The van der Waals surface area contributed by atoms with Gasteiger partial charge in [-0.3, -0.25) is 0 Å². The zero-order valence-corrected chi connectivity index (χ0v) is 10.5. The van der Waals surface area contributed by atoms with Crippen LogP contribution in [0, 0.1) is 12.8 Å². The lowest BCUT2D eigenvalue weighted by Gasteiger charge is -2.26. The molecule has 1 aromatic rings. The number of hydrogen-bond acceptors (Lipinski definition) is 2. The van der Waals surface area contributed by atoms with Gasteiger partial charge in [0.2, 0.25) is 0 Å². The fourth-order valence-electron chi connectivity index (χ4n) is 2.04. The monoisotopic (exact) mass is 253 g/mol. The van der Waals surface area contributed by atoms with Crippen LogP contribution in [0.1, 0.15) is 35.2 Å². The molecule has 0 unspecified atom stereocenters. The Morgan fingerprint density at radius 3 is 2.76 bits per heavy atom. The smallest absolute Gasteiger partial charge is 0.336 e. The predicted molar refractivity (Wildman–Crippen MR) is 69.0 cm³/mol. The first kappa shape index (κ1) is 12.2. The molecule has 0 amide bonds. The third-order valence-electron chi connectivity index (χ3n) is 3.41. The fraction of sp³-hybridized carbons (Fsp3) is 0.462. The molecule has 1 saturated carbocycles. The molecule has 0 heterocycles. The van der Waals surface area contributed by atoms with Crippen LogP contribution in [-0.2, 0) is 0 Å². The summed E-state index contributed by atoms with van der Waals surface area (Å²) in [5, 5.41) is 12.8. The number of carbonyl (C=O) groups is 1. The van der Waals surface area contributed by atoms with E-state index in [0.717, 1.165) is 23.7 Å². The first-order chi connectivity index (χ1) is 8.08. The van der Waals surface area contributed by atoms with Gasteiger partial charge in [0.05, 0.1) is 5.56 Å². The van der Waals surface area contributed by atoms with E-state index in [-0.39, 0.29) is 5.56 Å². The Morgan fingerprint density at radius 2 is 2.24 bits per heavy atom. The SMILES string of the molecule is Cc1c(NCC2CCC2)cc(Cl)cc1C(=O)O. The maximum Gasteiger partial charge on any atom is 0.336 e. The largest absolute Gasteiger partial charge is 0.478 e. The summed E-state index contributed by atoms with van der Waals surface area (Å²) in [5.74, 6) is -0.210. The highest BCUT2D eigenvalue weighted by atomic mass is 35.5. The topological polar surface area (TPSA) is 49.3 Å². The molecular formula is C13H16ClNO2.